The number of thiazole rings is 1. The van der Waals surface area contributed by atoms with Gasteiger partial charge in [-0.3, -0.25) is 9.47 Å². The van der Waals surface area contributed by atoms with Crippen molar-refractivity contribution in [3.8, 4) is 17.4 Å². The number of esters is 1. The third kappa shape index (κ3) is 7.54. The fourth-order valence-electron chi connectivity index (χ4n) is 5.81. The maximum atomic E-state index is 13.5. The lowest BCUT2D eigenvalue weighted by molar-refractivity contribution is 0.0210. The second-order valence-electron chi connectivity index (χ2n) is 12.5. The Hall–Kier alpha value is -4.56. The molecule has 47 heavy (non-hydrogen) atoms. The number of carbonyl (C=O) groups excluding carboxylic acids is 2. The summed E-state index contributed by atoms with van der Waals surface area (Å²) in [5, 5.41) is 2.59. The topological polar surface area (TPSA) is 134 Å². The molecular weight excluding hydrogens is 622 g/mol. The van der Waals surface area contributed by atoms with E-state index < -0.39 is 17.7 Å². The van der Waals surface area contributed by atoms with Crippen LogP contribution in [0, 0.1) is 6.92 Å². The molecule has 0 unspecified atom stereocenters. The Morgan fingerprint density at radius 1 is 1.13 bits per heavy atom. The third-order valence-corrected chi connectivity index (χ3v) is 8.82. The zero-order chi connectivity index (χ0) is 33.1. The van der Waals surface area contributed by atoms with E-state index in [0.29, 0.717) is 42.8 Å². The first kappa shape index (κ1) is 32.4. The number of likely N-dealkylation sites (tertiary alicyclic amines) is 1. The van der Waals surface area contributed by atoms with Crippen LogP contribution in [0.3, 0.4) is 0 Å². The average Bonchev–Trinajstić information content (AvgIpc) is 3.84. The van der Waals surface area contributed by atoms with Gasteiger partial charge in [0.2, 0.25) is 12.7 Å². The summed E-state index contributed by atoms with van der Waals surface area (Å²) in [5.74, 6) is 1.39. The molecule has 0 radical (unpaired) electrons. The molecule has 0 saturated carbocycles. The minimum absolute atomic E-state index is 0.0445. The van der Waals surface area contributed by atoms with Crippen molar-refractivity contribution in [2.45, 2.75) is 65.1 Å². The second kappa shape index (κ2) is 13.7. The summed E-state index contributed by atoms with van der Waals surface area (Å²) in [7, 11) is 0. The predicted octanol–water partition coefficient (Wildman–Crippen LogP) is 5.30. The molecule has 14 heteroatoms. The van der Waals surface area contributed by atoms with Crippen LogP contribution in [0.1, 0.15) is 78.5 Å². The summed E-state index contributed by atoms with van der Waals surface area (Å²) in [6, 6.07) is 7.50. The average molecular weight is 662 g/mol. The molecule has 5 heterocycles. The Labute approximate surface area is 277 Å². The van der Waals surface area contributed by atoms with Crippen molar-refractivity contribution in [2.24, 2.45) is 0 Å². The van der Waals surface area contributed by atoms with Crippen molar-refractivity contribution in [2.75, 3.05) is 33.0 Å². The van der Waals surface area contributed by atoms with E-state index >= 15 is 0 Å². The second-order valence-corrected chi connectivity index (χ2v) is 13.4. The number of aryl methyl sites for hydroxylation is 1. The molecular formula is C33H39N7O6S. The summed E-state index contributed by atoms with van der Waals surface area (Å²) >= 11 is 1.45. The van der Waals surface area contributed by atoms with Gasteiger partial charge in [-0.2, -0.15) is 0 Å². The van der Waals surface area contributed by atoms with Crippen LogP contribution >= 0.6 is 11.3 Å². The molecule has 2 atom stereocenters. The number of hydrogen-bond donors (Lipinski definition) is 0. The van der Waals surface area contributed by atoms with Crippen molar-refractivity contribution in [3.05, 3.63) is 76.0 Å². The molecule has 0 bridgehead atoms. The van der Waals surface area contributed by atoms with Crippen LogP contribution in [0.2, 0.25) is 0 Å². The van der Waals surface area contributed by atoms with Gasteiger partial charge in [-0.25, -0.2) is 29.5 Å². The van der Waals surface area contributed by atoms with E-state index in [1.54, 1.807) is 34.3 Å². The molecule has 3 aromatic heterocycles. The number of hydrogen-bond acceptors (Lipinski definition) is 12. The standard InChI is InChI=1S/C33H39N7O6S/c1-6-43-30(41)25-18-47-29(36-25)23-9-11-38(28(23)24-15-21(2)35-31(37-24)40-12-10-34-19-40)13-14-39(32(42)46-33(3,4)5)17-22-7-8-26-27(16-22)45-20-44-26/h7-8,10,12,15-16,18-19,23,28H,6,9,11,13-14,17,20H2,1-5H3/t23-,28+/m0/s1. The van der Waals surface area contributed by atoms with Crippen LogP contribution in [0.25, 0.3) is 5.95 Å². The number of rotatable bonds is 10. The quantitative estimate of drug-likeness (QED) is 0.205. The number of aromatic nitrogens is 5. The Morgan fingerprint density at radius 2 is 1.96 bits per heavy atom. The van der Waals surface area contributed by atoms with Gasteiger partial charge in [0.1, 0.15) is 11.9 Å². The molecule has 13 nitrogen and oxygen atoms in total. The number of carbonyl (C=O) groups is 2. The fraction of sp³-hybridized carbons (Fsp3) is 0.455. The SMILES string of the molecule is CCOC(=O)c1csc([C@H]2CCN(CCN(Cc3ccc4c(c3)OCO4)C(=O)OC(C)(C)C)[C@H]2c2cc(C)nc(-n3ccnc3)n2)n1. The number of amides is 1. The molecule has 2 aliphatic rings. The van der Waals surface area contributed by atoms with Crippen molar-refractivity contribution in [1.29, 1.82) is 0 Å². The first-order valence-corrected chi connectivity index (χ1v) is 16.5. The lowest BCUT2D eigenvalue weighted by Gasteiger charge is -2.31. The molecule has 1 fully saturated rings. The highest BCUT2D eigenvalue weighted by molar-refractivity contribution is 7.09. The lowest BCUT2D eigenvalue weighted by atomic mass is 9.97. The monoisotopic (exact) mass is 661 g/mol. The van der Waals surface area contributed by atoms with Gasteiger partial charge in [-0.1, -0.05) is 6.07 Å². The van der Waals surface area contributed by atoms with E-state index in [4.69, 9.17) is 28.9 Å². The smallest absolute Gasteiger partial charge is 0.410 e. The molecule has 6 rings (SSSR count). The van der Waals surface area contributed by atoms with Crippen molar-refractivity contribution in [3.63, 3.8) is 0 Å². The number of nitrogens with zero attached hydrogens (tertiary/aromatic N) is 7. The van der Waals surface area contributed by atoms with Gasteiger partial charge in [-0.15, -0.1) is 11.3 Å². The predicted molar refractivity (Wildman–Crippen MR) is 173 cm³/mol. The molecule has 0 N–H and O–H groups in total. The Bertz CT molecular complexity index is 1720. The molecule has 248 valence electrons. The minimum atomic E-state index is -0.658. The highest BCUT2D eigenvalue weighted by Crippen LogP contribution is 2.44. The van der Waals surface area contributed by atoms with Gasteiger partial charge in [0.25, 0.3) is 0 Å². The summed E-state index contributed by atoms with van der Waals surface area (Å²) in [5.41, 5.74) is 2.20. The largest absolute Gasteiger partial charge is 0.461 e. The number of fused-ring (bicyclic) bond motifs is 1. The van der Waals surface area contributed by atoms with Gasteiger partial charge < -0.3 is 23.8 Å². The van der Waals surface area contributed by atoms with E-state index in [1.807, 2.05) is 58.2 Å². The van der Waals surface area contributed by atoms with Crippen LogP contribution in [0.4, 0.5) is 4.79 Å². The Morgan fingerprint density at radius 3 is 2.72 bits per heavy atom. The van der Waals surface area contributed by atoms with Crippen molar-refractivity contribution < 1.29 is 28.5 Å². The zero-order valence-corrected chi connectivity index (χ0v) is 28.0. The summed E-state index contributed by atoms with van der Waals surface area (Å²) in [6.07, 6.45) is 5.56. The van der Waals surface area contributed by atoms with Crippen LogP contribution in [-0.4, -0.2) is 85.0 Å². The lowest BCUT2D eigenvalue weighted by Crippen LogP contribution is -2.41. The summed E-state index contributed by atoms with van der Waals surface area (Å²) < 4.78 is 23.9. The highest BCUT2D eigenvalue weighted by Gasteiger charge is 2.40. The van der Waals surface area contributed by atoms with Crippen molar-refractivity contribution >= 4 is 23.4 Å². The van der Waals surface area contributed by atoms with Gasteiger partial charge >= 0.3 is 12.1 Å². The van der Waals surface area contributed by atoms with Crippen LogP contribution in [0.15, 0.2) is 48.4 Å². The van der Waals surface area contributed by atoms with Gasteiger partial charge in [0, 0.05) is 49.0 Å². The van der Waals surface area contributed by atoms with E-state index in [-0.39, 0.29) is 25.4 Å². The normalized spacial score (nSPS) is 17.6. The molecule has 0 aliphatic carbocycles. The number of benzene rings is 1. The first-order chi connectivity index (χ1) is 22.6. The maximum absolute atomic E-state index is 13.5. The van der Waals surface area contributed by atoms with E-state index in [2.05, 4.69) is 14.9 Å². The zero-order valence-electron chi connectivity index (χ0n) is 27.2. The Kier molecular flexibility index (Phi) is 9.41. The molecule has 1 saturated heterocycles. The molecule has 1 amide bonds. The number of ether oxygens (including phenoxy) is 4. The van der Waals surface area contributed by atoms with Crippen LogP contribution in [-0.2, 0) is 16.0 Å². The Balaban J connectivity index is 1.29. The fourth-order valence-corrected chi connectivity index (χ4v) is 6.76. The maximum Gasteiger partial charge on any atom is 0.410 e. The van der Waals surface area contributed by atoms with Crippen molar-refractivity contribution in [1.82, 2.24) is 34.3 Å². The third-order valence-electron chi connectivity index (χ3n) is 7.85. The first-order valence-electron chi connectivity index (χ1n) is 15.6. The molecule has 0 spiro atoms. The van der Waals surface area contributed by atoms with Gasteiger partial charge in [0.05, 0.1) is 23.4 Å². The number of imidazole rings is 1. The highest BCUT2D eigenvalue weighted by atomic mass is 32.1. The van der Waals surface area contributed by atoms with Crippen LogP contribution < -0.4 is 9.47 Å². The van der Waals surface area contributed by atoms with E-state index in [0.717, 1.165) is 34.9 Å². The van der Waals surface area contributed by atoms with Crippen LogP contribution in [0.5, 0.6) is 11.5 Å². The summed E-state index contributed by atoms with van der Waals surface area (Å²) in [6.45, 7) is 11.8. The van der Waals surface area contributed by atoms with E-state index in [1.165, 1.54) is 11.3 Å². The molecule has 2 aliphatic heterocycles. The molecule has 1 aromatic carbocycles. The van der Waals surface area contributed by atoms with Gasteiger partial charge in [-0.05, 0) is 71.3 Å². The van der Waals surface area contributed by atoms with E-state index in [9.17, 15) is 9.59 Å². The van der Waals surface area contributed by atoms with Gasteiger partial charge in [0.15, 0.2) is 17.2 Å². The summed E-state index contributed by atoms with van der Waals surface area (Å²) in [4.78, 5) is 48.6. The molecule has 4 aromatic rings. The minimum Gasteiger partial charge on any atom is -0.461 e.